The average Bonchev–Trinajstić information content (AvgIpc) is 3.20. The molecular weight excluding hydrogens is 652 g/mol. The Balaban J connectivity index is 1.44. The number of phosphoric ester groups is 1. The summed E-state index contributed by atoms with van der Waals surface area (Å²) in [5, 5.41) is 4.28. The highest BCUT2D eigenvalue weighted by Crippen LogP contribution is 2.50. The van der Waals surface area contributed by atoms with Crippen molar-refractivity contribution in [2.24, 2.45) is 0 Å². The van der Waals surface area contributed by atoms with E-state index in [-0.39, 0.29) is 38.2 Å². The first kappa shape index (κ1) is 36.8. The number of carbonyl (C=O) groups is 2. The number of rotatable bonds is 15. The first-order valence-electron chi connectivity index (χ1n) is 16.0. The van der Waals surface area contributed by atoms with Crippen molar-refractivity contribution in [1.29, 1.82) is 0 Å². The molecule has 3 heterocycles. The third kappa shape index (κ3) is 10.7. The largest absolute Gasteiger partial charge is 0.476 e. The molecule has 11 nitrogen and oxygen atoms in total. The molecule has 0 atom stereocenters. The maximum atomic E-state index is 13.7. The molecule has 14 heteroatoms. The van der Waals surface area contributed by atoms with E-state index in [0.29, 0.717) is 30.2 Å². The average molecular weight is 701 g/mol. The number of fused-ring (bicyclic) bond motifs is 2. The lowest BCUT2D eigenvalue weighted by molar-refractivity contribution is -0.125. The molecule has 0 spiro atoms. The Bertz CT molecular complexity index is 1620. The summed E-state index contributed by atoms with van der Waals surface area (Å²) < 4.78 is 37.0. The van der Waals surface area contributed by atoms with Crippen LogP contribution >= 0.6 is 7.82 Å². The summed E-state index contributed by atoms with van der Waals surface area (Å²) in [6.07, 6.45) is 4.93. The fourth-order valence-electron chi connectivity index (χ4n) is 4.73. The second-order valence-corrected chi connectivity index (χ2v) is 27.2. The number of hydrogen-bond acceptors (Lipinski definition) is 9. The zero-order chi connectivity index (χ0) is 34.4. The SMILES string of the molecule is Cc1c(CN(C)C(=O)/C=C/c2cnc3c(c2)NCCC(=O)N3COP(=O)(OCC[Si](C)(C)C)OCC[Si](C)(C)C)oc2ccccc12. The van der Waals surface area contributed by atoms with Crippen molar-refractivity contribution >= 4 is 64.3 Å². The molecular formula is C33H49N4O7PSi2. The third-order valence-electron chi connectivity index (χ3n) is 7.76. The van der Waals surface area contributed by atoms with Crippen LogP contribution in [-0.4, -0.2) is 71.4 Å². The molecule has 1 aromatic carbocycles. The number of amides is 2. The second-order valence-electron chi connectivity index (χ2n) is 14.3. The number of pyridine rings is 1. The van der Waals surface area contributed by atoms with Crippen molar-refractivity contribution in [2.75, 3.05) is 43.8 Å². The van der Waals surface area contributed by atoms with E-state index in [1.54, 1.807) is 24.2 Å². The molecule has 2 aromatic heterocycles. The van der Waals surface area contributed by atoms with Gasteiger partial charge in [-0.2, -0.15) is 0 Å². The number of anilines is 2. The van der Waals surface area contributed by atoms with E-state index in [2.05, 4.69) is 49.6 Å². The highest BCUT2D eigenvalue weighted by molar-refractivity contribution is 7.48. The minimum Gasteiger partial charge on any atom is -0.459 e. The molecule has 256 valence electrons. The normalized spacial score (nSPS) is 14.4. The lowest BCUT2D eigenvalue weighted by Gasteiger charge is -2.26. The molecule has 1 aliphatic rings. The molecule has 1 aliphatic heterocycles. The second kappa shape index (κ2) is 15.4. The van der Waals surface area contributed by atoms with Crippen molar-refractivity contribution < 1.29 is 32.1 Å². The van der Waals surface area contributed by atoms with Crippen LogP contribution in [0.4, 0.5) is 11.5 Å². The lowest BCUT2D eigenvalue weighted by atomic mass is 10.1. The minimum atomic E-state index is -3.95. The molecule has 0 saturated carbocycles. The van der Waals surface area contributed by atoms with Gasteiger partial charge in [0, 0.05) is 59.4 Å². The predicted molar refractivity (Wildman–Crippen MR) is 193 cm³/mol. The Hall–Kier alpha value is -3.07. The topological polar surface area (TPSA) is 123 Å². The summed E-state index contributed by atoms with van der Waals surface area (Å²) >= 11 is 0. The quantitative estimate of drug-likeness (QED) is 0.0963. The standard InChI is InChI=1S/C33H49N4O7PSi2/c1-25-27-11-9-10-12-29(27)44-30(25)23-36(2)31(38)14-13-26-21-28-33(35-22-26)37(32(39)15-16-34-28)24-43-45(40,41-17-19-46(3,4)5)42-18-20-47(6,7)8/h9-14,21-22,34H,15-20,23-24H2,1-8H3/b14-13+. The number of para-hydroxylation sites is 1. The van der Waals surface area contributed by atoms with E-state index in [4.69, 9.17) is 18.0 Å². The number of benzene rings is 1. The van der Waals surface area contributed by atoms with Crippen LogP contribution in [0.5, 0.6) is 0 Å². The lowest BCUT2D eigenvalue weighted by Crippen LogP contribution is -2.33. The third-order valence-corrected chi connectivity index (χ3v) is 12.6. The highest BCUT2D eigenvalue weighted by Gasteiger charge is 2.32. The maximum absolute atomic E-state index is 13.7. The zero-order valence-electron chi connectivity index (χ0n) is 28.9. The van der Waals surface area contributed by atoms with Crippen LogP contribution in [0.2, 0.25) is 51.4 Å². The number of nitrogens with zero attached hydrogens (tertiary/aromatic N) is 3. The van der Waals surface area contributed by atoms with Crippen LogP contribution in [0.1, 0.15) is 23.3 Å². The summed E-state index contributed by atoms with van der Waals surface area (Å²) in [4.78, 5) is 33.6. The Morgan fingerprint density at radius 3 is 2.38 bits per heavy atom. The van der Waals surface area contributed by atoms with Crippen molar-refractivity contribution in [1.82, 2.24) is 9.88 Å². The van der Waals surface area contributed by atoms with Gasteiger partial charge in [0.1, 0.15) is 18.1 Å². The summed E-state index contributed by atoms with van der Waals surface area (Å²) in [5.74, 6) is 0.646. The summed E-state index contributed by atoms with van der Waals surface area (Å²) in [7, 11) is -5.14. The monoisotopic (exact) mass is 700 g/mol. The van der Waals surface area contributed by atoms with Gasteiger partial charge in [-0.25, -0.2) is 9.55 Å². The van der Waals surface area contributed by atoms with Crippen LogP contribution < -0.4 is 10.2 Å². The van der Waals surface area contributed by atoms with Crippen LogP contribution in [-0.2, 0) is 34.3 Å². The Labute approximate surface area is 280 Å². The fourth-order valence-corrected chi connectivity index (χ4v) is 7.61. The molecule has 1 N–H and O–H groups in total. The predicted octanol–water partition coefficient (Wildman–Crippen LogP) is 7.75. The van der Waals surface area contributed by atoms with Crippen molar-refractivity contribution in [3.8, 4) is 0 Å². The van der Waals surface area contributed by atoms with Crippen molar-refractivity contribution in [3.63, 3.8) is 0 Å². The minimum absolute atomic E-state index is 0.187. The van der Waals surface area contributed by atoms with E-state index in [1.807, 2.05) is 37.3 Å². The van der Waals surface area contributed by atoms with Gasteiger partial charge in [0.05, 0.1) is 25.4 Å². The van der Waals surface area contributed by atoms with Gasteiger partial charge in [-0.1, -0.05) is 57.5 Å². The van der Waals surface area contributed by atoms with E-state index in [0.717, 1.165) is 34.4 Å². The molecule has 0 fully saturated rings. The fraction of sp³-hybridized carbons (Fsp3) is 0.485. The number of hydrogen-bond donors (Lipinski definition) is 1. The number of aromatic nitrogens is 1. The Morgan fingerprint density at radius 1 is 1.09 bits per heavy atom. The molecule has 0 saturated heterocycles. The van der Waals surface area contributed by atoms with E-state index in [9.17, 15) is 14.2 Å². The van der Waals surface area contributed by atoms with Crippen LogP contribution in [0, 0.1) is 6.92 Å². The number of aryl methyl sites for hydroxylation is 1. The van der Waals surface area contributed by atoms with Crippen LogP contribution in [0.25, 0.3) is 17.0 Å². The molecule has 0 unspecified atom stereocenters. The van der Waals surface area contributed by atoms with E-state index in [1.165, 1.54) is 11.0 Å². The van der Waals surface area contributed by atoms with Gasteiger partial charge in [-0.3, -0.25) is 28.1 Å². The number of phosphoric acid groups is 1. The number of likely N-dealkylation sites (N-methyl/N-ethyl adjacent to an activating group) is 1. The number of carbonyl (C=O) groups excluding carboxylic acids is 2. The van der Waals surface area contributed by atoms with Gasteiger partial charge in [0.2, 0.25) is 11.8 Å². The van der Waals surface area contributed by atoms with Gasteiger partial charge >= 0.3 is 7.82 Å². The smallest absolute Gasteiger partial charge is 0.459 e. The summed E-state index contributed by atoms with van der Waals surface area (Å²) in [5.41, 5.74) is 3.07. The zero-order valence-corrected chi connectivity index (χ0v) is 31.8. The molecule has 3 aromatic rings. The summed E-state index contributed by atoms with van der Waals surface area (Å²) in [6.45, 7) is 16.1. The highest BCUT2D eigenvalue weighted by atomic mass is 31.2. The van der Waals surface area contributed by atoms with Gasteiger partial charge < -0.3 is 14.6 Å². The number of furan rings is 1. The Kier molecular flexibility index (Phi) is 12.1. The van der Waals surface area contributed by atoms with Gasteiger partial charge in [-0.15, -0.1) is 0 Å². The van der Waals surface area contributed by atoms with E-state index >= 15 is 0 Å². The van der Waals surface area contributed by atoms with Crippen LogP contribution in [0.3, 0.4) is 0 Å². The molecule has 2 amide bonds. The first-order chi connectivity index (χ1) is 22.0. The van der Waals surface area contributed by atoms with Crippen molar-refractivity contribution in [2.45, 2.75) is 71.3 Å². The molecule has 0 aliphatic carbocycles. The van der Waals surface area contributed by atoms with Gasteiger partial charge in [0.15, 0.2) is 5.82 Å². The van der Waals surface area contributed by atoms with Crippen LogP contribution in [0.15, 0.2) is 47.0 Å². The maximum Gasteiger partial charge on any atom is 0.476 e. The molecule has 47 heavy (non-hydrogen) atoms. The molecule has 4 rings (SSSR count). The van der Waals surface area contributed by atoms with E-state index < -0.39 is 24.0 Å². The molecule has 0 radical (unpaired) electrons. The van der Waals surface area contributed by atoms with Crippen molar-refractivity contribution in [3.05, 3.63) is 59.5 Å². The van der Waals surface area contributed by atoms with Gasteiger partial charge in [0.25, 0.3) is 0 Å². The van der Waals surface area contributed by atoms with Gasteiger partial charge in [-0.05, 0) is 42.8 Å². The molecule has 0 bridgehead atoms. The number of nitrogens with one attached hydrogen (secondary N) is 1. The first-order valence-corrected chi connectivity index (χ1v) is 24.9. The summed E-state index contributed by atoms with van der Waals surface area (Å²) in [6, 6.07) is 11.2. The Morgan fingerprint density at radius 2 is 1.74 bits per heavy atom.